The van der Waals surface area contributed by atoms with Crippen LogP contribution in [-0.2, 0) is 15.9 Å². The minimum Gasteiger partial charge on any atom is -0.494 e. The van der Waals surface area contributed by atoms with E-state index in [-0.39, 0.29) is 0 Å². The minimum atomic E-state index is -1.38. The fourth-order valence-corrected chi connectivity index (χ4v) is 3.50. The van der Waals surface area contributed by atoms with Gasteiger partial charge >= 0.3 is 0 Å². The van der Waals surface area contributed by atoms with Gasteiger partial charge < -0.3 is 29.5 Å². The van der Waals surface area contributed by atoms with Crippen LogP contribution in [0.15, 0.2) is 42.5 Å². The topological polar surface area (TPSA) is 88.4 Å². The van der Waals surface area contributed by atoms with Gasteiger partial charge in [0.2, 0.25) is 0 Å². The van der Waals surface area contributed by atoms with Gasteiger partial charge in [0.1, 0.15) is 30.2 Å². The Morgan fingerprint density at radius 3 is 2.36 bits per heavy atom. The Morgan fingerprint density at radius 2 is 1.71 bits per heavy atom. The van der Waals surface area contributed by atoms with E-state index in [1.165, 1.54) is 7.11 Å². The Balaban J connectivity index is 1.82. The van der Waals surface area contributed by atoms with Crippen molar-refractivity contribution in [2.75, 3.05) is 13.7 Å². The fourth-order valence-electron chi connectivity index (χ4n) is 3.32. The zero-order chi connectivity index (χ0) is 20.3. The molecule has 152 valence electrons. The zero-order valence-corrected chi connectivity index (χ0v) is 16.5. The molecule has 3 N–H and O–H groups in total. The Morgan fingerprint density at radius 1 is 1.00 bits per heavy atom. The summed E-state index contributed by atoms with van der Waals surface area (Å²) in [6.07, 6.45) is -5.30. The highest BCUT2D eigenvalue weighted by Crippen LogP contribution is 2.34. The van der Waals surface area contributed by atoms with E-state index in [0.717, 1.165) is 16.9 Å². The Labute approximate surface area is 169 Å². The van der Waals surface area contributed by atoms with Gasteiger partial charge in [-0.3, -0.25) is 0 Å². The van der Waals surface area contributed by atoms with Crippen LogP contribution in [0.3, 0.4) is 0 Å². The van der Waals surface area contributed by atoms with Crippen LogP contribution in [0.2, 0.25) is 5.02 Å². The first-order chi connectivity index (χ1) is 13.4. The first-order valence-corrected chi connectivity index (χ1v) is 9.55. The standard InChI is InChI=1S/C21H25ClO6/c1-3-27-15-7-4-12(5-8-15)10-14-11-13(6-9-16(14)22)20-18(24)17(23)19(25)21(26-2)28-20/h4-9,11,17-21,23-25H,3,10H2,1-2H3/t17?,18?,19?,20-,21?/m0/s1. The Bertz CT molecular complexity index is 779. The van der Waals surface area contributed by atoms with Gasteiger partial charge in [-0.1, -0.05) is 35.9 Å². The highest BCUT2D eigenvalue weighted by molar-refractivity contribution is 6.31. The first-order valence-electron chi connectivity index (χ1n) is 9.17. The number of benzene rings is 2. The van der Waals surface area contributed by atoms with Crippen LogP contribution in [-0.4, -0.2) is 53.6 Å². The summed E-state index contributed by atoms with van der Waals surface area (Å²) in [6, 6.07) is 13.1. The quantitative estimate of drug-likeness (QED) is 0.680. The van der Waals surface area contributed by atoms with Crippen molar-refractivity contribution in [2.45, 2.75) is 44.1 Å². The second kappa shape index (κ2) is 9.22. The maximum absolute atomic E-state index is 10.4. The summed E-state index contributed by atoms with van der Waals surface area (Å²) in [5.74, 6) is 0.808. The third kappa shape index (κ3) is 4.49. The van der Waals surface area contributed by atoms with E-state index in [2.05, 4.69) is 0 Å². The van der Waals surface area contributed by atoms with E-state index < -0.39 is 30.7 Å². The average Bonchev–Trinajstić information content (AvgIpc) is 2.70. The van der Waals surface area contributed by atoms with Gasteiger partial charge in [-0.2, -0.15) is 0 Å². The molecule has 1 aliphatic rings. The Hall–Kier alpha value is -1.67. The van der Waals surface area contributed by atoms with E-state index in [1.807, 2.05) is 37.3 Å². The number of hydrogen-bond acceptors (Lipinski definition) is 6. The third-order valence-electron chi connectivity index (χ3n) is 4.83. The number of aliphatic hydroxyl groups is 3. The molecule has 6 nitrogen and oxygen atoms in total. The Kier molecular flexibility index (Phi) is 6.93. The van der Waals surface area contributed by atoms with Crippen molar-refractivity contribution < 1.29 is 29.5 Å². The monoisotopic (exact) mass is 408 g/mol. The van der Waals surface area contributed by atoms with Crippen molar-refractivity contribution in [3.63, 3.8) is 0 Å². The summed E-state index contributed by atoms with van der Waals surface area (Å²) < 4.78 is 16.2. The normalized spacial score (nSPS) is 27.6. The lowest BCUT2D eigenvalue weighted by atomic mass is 9.92. The third-order valence-corrected chi connectivity index (χ3v) is 5.20. The molecular weight excluding hydrogens is 384 g/mol. The largest absolute Gasteiger partial charge is 0.494 e. The van der Waals surface area contributed by atoms with Gasteiger partial charge in [0, 0.05) is 12.1 Å². The van der Waals surface area contributed by atoms with Crippen LogP contribution in [0, 0.1) is 0 Å². The van der Waals surface area contributed by atoms with Crippen LogP contribution >= 0.6 is 11.6 Å². The van der Waals surface area contributed by atoms with Crippen LogP contribution in [0.4, 0.5) is 0 Å². The number of ether oxygens (including phenoxy) is 3. The van der Waals surface area contributed by atoms with E-state index in [4.69, 9.17) is 25.8 Å². The summed E-state index contributed by atoms with van der Waals surface area (Å²) in [6.45, 7) is 2.55. The predicted molar refractivity (Wildman–Crippen MR) is 105 cm³/mol. The first kappa shape index (κ1) is 21.0. The highest BCUT2D eigenvalue weighted by Gasteiger charge is 2.44. The SMILES string of the molecule is CCOc1ccc(Cc2cc([C@@H]3OC(OC)C(O)C(O)C3O)ccc2Cl)cc1. The van der Waals surface area contributed by atoms with Crippen molar-refractivity contribution in [3.05, 3.63) is 64.2 Å². The molecule has 0 aliphatic carbocycles. The molecule has 1 saturated heterocycles. The summed E-state index contributed by atoms with van der Waals surface area (Å²) in [7, 11) is 1.37. The van der Waals surface area contributed by atoms with Gasteiger partial charge in [0.25, 0.3) is 0 Å². The van der Waals surface area contributed by atoms with E-state index in [9.17, 15) is 15.3 Å². The van der Waals surface area contributed by atoms with Crippen molar-refractivity contribution in [1.82, 2.24) is 0 Å². The van der Waals surface area contributed by atoms with Crippen LogP contribution < -0.4 is 4.74 Å². The molecule has 4 unspecified atom stereocenters. The molecule has 3 rings (SSSR count). The molecule has 0 aromatic heterocycles. The van der Waals surface area contributed by atoms with Gasteiger partial charge in [-0.25, -0.2) is 0 Å². The molecule has 1 fully saturated rings. The molecule has 5 atom stereocenters. The predicted octanol–water partition coefficient (Wildman–Crippen LogP) is 2.46. The molecule has 28 heavy (non-hydrogen) atoms. The minimum absolute atomic E-state index is 0.584. The van der Waals surface area contributed by atoms with Crippen molar-refractivity contribution in [1.29, 1.82) is 0 Å². The molecule has 7 heteroatoms. The van der Waals surface area contributed by atoms with Gasteiger partial charge in [0.15, 0.2) is 6.29 Å². The van der Waals surface area contributed by atoms with Gasteiger partial charge in [-0.15, -0.1) is 0 Å². The number of rotatable bonds is 6. The van der Waals surface area contributed by atoms with E-state index >= 15 is 0 Å². The van der Waals surface area contributed by atoms with Crippen molar-refractivity contribution in [3.8, 4) is 5.75 Å². The lowest BCUT2D eigenvalue weighted by Crippen LogP contribution is -2.54. The molecule has 0 radical (unpaired) electrons. The number of aliphatic hydroxyl groups excluding tert-OH is 3. The molecule has 2 aromatic rings. The summed E-state index contributed by atoms with van der Waals surface area (Å²) in [4.78, 5) is 0. The molecule has 1 heterocycles. The molecule has 0 bridgehead atoms. The second-order valence-corrected chi connectivity index (χ2v) is 7.14. The number of halogens is 1. The zero-order valence-electron chi connectivity index (χ0n) is 15.8. The van der Waals surface area contributed by atoms with Crippen molar-refractivity contribution in [2.24, 2.45) is 0 Å². The van der Waals surface area contributed by atoms with Crippen LogP contribution in [0.1, 0.15) is 29.7 Å². The van der Waals surface area contributed by atoms with Gasteiger partial charge in [0.05, 0.1) is 6.61 Å². The maximum Gasteiger partial charge on any atom is 0.186 e. The van der Waals surface area contributed by atoms with Gasteiger partial charge in [-0.05, 0) is 48.2 Å². The lowest BCUT2D eigenvalue weighted by Gasteiger charge is -2.40. The molecule has 0 saturated carbocycles. The number of hydrogen-bond donors (Lipinski definition) is 3. The summed E-state index contributed by atoms with van der Waals surface area (Å²) in [5.41, 5.74) is 2.55. The summed E-state index contributed by atoms with van der Waals surface area (Å²) >= 11 is 6.37. The average molecular weight is 409 g/mol. The molecule has 0 amide bonds. The highest BCUT2D eigenvalue weighted by atomic mass is 35.5. The molecular formula is C21H25ClO6. The molecule has 0 spiro atoms. The number of methoxy groups -OCH3 is 1. The van der Waals surface area contributed by atoms with Crippen molar-refractivity contribution >= 4 is 11.6 Å². The lowest BCUT2D eigenvalue weighted by molar-refractivity contribution is -0.292. The second-order valence-electron chi connectivity index (χ2n) is 6.74. The fraction of sp³-hybridized carbons (Fsp3) is 0.429. The van der Waals surface area contributed by atoms with E-state index in [0.29, 0.717) is 23.6 Å². The molecule has 2 aromatic carbocycles. The van der Waals surface area contributed by atoms with Crippen LogP contribution in [0.25, 0.3) is 0 Å². The molecule has 1 aliphatic heterocycles. The summed E-state index contributed by atoms with van der Waals surface area (Å²) in [5, 5.41) is 31.0. The smallest absolute Gasteiger partial charge is 0.186 e. The van der Waals surface area contributed by atoms with Crippen LogP contribution in [0.5, 0.6) is 5.75 Å². The van der Waals surface area contributed by atoms with E-state index in [1.54, 1.807) is 12.1 Å². The maximum atomic E-state index is 10.4.